The summed E-state index contributed by atoms with van der Waals surface area (Å²) in [6.07, 6.45) is 2.09. The van der Waals surface area contributed by atoms with Gasteiger partial charge in [0.1, 0.15) is 5.51 Å². The zero-order chi connectivity index (χ0) is 10.5. The lowest BCUT2D eigenvalue weighted by Gasteiger charge is -2.00. The SMILES string of the molecule is CSc1ccc(CSc2nncs2)cc1. The van der Waals surface area contributed by atoms with Crippen LogP contribution in [0.25, 0.3) is 0 Å². The Bertz CT molecular complexity index is 397. The molecule has 15 heavy (non-hydrogen) atoms. The average Bonchev–Trinajstić information content (AvgIpc) is 2.80. The highest BCUT2D eigenvalue weighted by molar-refractivity contribution is 8.00. The van der Waals surface area contributed by atoms with Crippen LogP contribution >= 0.6 is 34.9 Å². The quantitative estimate of drug-likeness (QED) is 0.779. The number of hydrogen-bond donors (Lipinski definition) is 0. The molecule has 2 rings (SSSR count). The van der Waals surface area contributed by atoms with E-state index in [0.717, 1.165) is 10.1 Å². The van der Waals surface area contributed by atoms with Gasteiger partial charge in [0.2, 0.25) is 0 Å². The second-order valence-electron chi connectivity index (χ2n) is 2.84. The van der Waals surface area contributed by atoms with Crippen LogP contribution in [0.15, 0.2) is 39.0 Å². The third-order valence-corrected chi connectivity index (χ3v) is 4.54. The van der Waals surface area contributed by atoms with Crippen molar-refractivity contribution in [3.63, 3.8) is 0 Å². The van der Waals surface area contributed by atoms with Crippen LogP contribution < -0.4 is 0 Å². The van der Waals surface area contributed by atoms with Gasteiger partial charge in [-0.2, -0.15) is 0 Å². The van der Waals surface area contributed by atoms with Crippen molar-refractivity contribution in [2.45, 2.75) is 15.0 Å². The van der Waals surface area contributed by atoms with Crippen LogP contribution in [0.2, 0.25) is 0 Å². The fourth-order valence-electron chi connectivity index (χ4n) is 1.09. The molecule has 2 nitrogen and oxygen atoms in total. The highest BCUT2D eigenvalue weighted by Crippen LogP contribution is 2.24. The highest BCUT2D eigenvalue weighted by atomic mass is 32.2. The standard InChI is InChI=1S/C10H10N2S3/c1-13-9-4-2-8(3-5-9)6-14-10-12-11-7-15-10/h2-5,7H,6H2,1H3. The number of nitrogens with zero attached hydrogens (tertiary/aromatic N) is 2. The Hall–Kier alpha value is -0.520. The summed E-state index contributed by atoms with van der Waals surface area (Å²) in [5, 5.41) is 7.80. The van der Waals surface area contributed by atoms with Crippen LogP contribution in [0, 0.1) is 0 Å². The summed E-state index contributed by atoms with van der Waals surface area (Å²) in [7, 11) is 0. The molecule has 78 valence electrons. The Morgan fingerprint density at radius 2 is 2.07 bits per heavy atom. The van der Waals surface area contributed by atoms with Crippen molar-refractivity contribution in [1.29, 1.82) is 0 Å². The van der Waals surface area contributed by atoms with Gasteiger partial charge in [-0.3, -0.25) is 0 Å². The number of benzene rings is 1. The van der Waals surface area contributed by atoms with Crippen LogP contribution in [0.1, 0.15) is 5.56 Å². The maximum atomic E-state index is 3.99. The van der Waals surface area contributed by atoms with Crippen molar-refractivity contribution in [2.75, 3.05) is 6.26 Å². The molecule has 5 heteroatoms. The molecule has 1 aromatic heterocycles. The minimum absolute atomic E-state index is 0.962. The predicted molar refractivity (Wildman–Crippen MR) is 67.7 cm³/mol. The molecule has 1 heterocycles. The van der Waals surface area contributed by atoms with Gasteiger partial charge in [0.25, 0.3) is 0 Å². The zero-order valence-electron chi connectivity index (χ0n) is 8.21. The zero-order valence-corrected chi connectivity index (χ0v) is 10.7. The van der Waals surface area contributed by atoms with Crippen LogP contribution in [-0.2, 0) is 5.75 Å². The van der Waals surface area contributed by atoms with Crippen LogP contribution in [0.5, 0.6) is 0 Å². The number of hydrogen-bond acceptors (Lipinski definition) is 5. The average molecular weight is 254 g/mol. The molecule has 0 radical (unpaired) electrons. The molecule has 0 amide bonds. The molecule has 1 aromatic carbocycles. The monoisotopic (exact) mass is 254 g/mol. The van der Waals surface area contributed by atoms with Gasteiger partial charge in [-0.05, 0) is 24.0 Å². The lowest BCUT2D eigenvalue weighted by molar-refractivity contribution is 1.01. The highest BCUT2D eigenvalue weighted by Gasteiger charge is 1.99. The van der Waals surface area contributed by atoms with E-state index in [1.165, 1.54) is 10.5 Å². The van der Waals surface area contributed by atoms with Crippen molar-refractivity contribution in [3.05, 3.63) is 35.3 Å². The number of rotatable bonds is 4. The Morgan fingerprint density at radius 1 is 1.27 bits per heavy atom. The molecule has 0 bridgehead atoms. The molecule has 2 aromatic rings. The van der Waals surface area contributed by atoms with Crippen molar-refractivity contribution in [2.24, 2.45) is 0 Å². The van der Waals surface area contributed by atoms with Gasteiger partial charge in [0.15, 0.2) is 4.34 Å². The van der Waals surface area contributed by atoms with Crippen LogP contribution in [0.4, 0.5) is 0 Å². The van der Waals surface area contributed by atoms with E-state index in [0.29, 0.717) is 0 Å². The Labute approximate surface area is 102 Å². The molecule has 0 aliphatic carbocycles. The van der Waals surface area contributed by atoms with Gasteiger partial charge in [0.05, 0.1) is 0 Å². The van der Waals surface area contributed by atoms with Gasteiger partial charge in [-0.25, -0.2) is 0 Å². The van der Waals surface area contributed by atoms with Crippen molar-refractivity contribution in [3.8, 4) is 0 Å². The van der Waals surface area contributed by atoms with E-state index in [2.05, 4.69) is 40.7 Å². The first kappa shape index (κ1) is 11.0. The van der Waals surface area contributed by atoms with Gasteiger partial charge in [-0.15, -0.1) is 22.0 Å². The fraction of sp³-hybridized carbons (Fsp3) is 0.200. The van der Waals surface area contributed by atoms with Crippen molar-refractivity contribution >= 4 is 34.9 Å². The van der Waals surface area contributed by atoms with E-state index in [4.69, 9.17) is 0 Å². The van der Waals surface area contributed by atoms with Gasteiger partial charge in [-0.1, -0.05) is 35.2 Å². The molecule has 0 spiro atoms. The topological polar surface area (TPSA) is 25.8 Å². The summed E-state index contributed by atoms with van der Waals surface area (Å²) in [6, 6.07) is 8.64. The number of aromatic nitrogens is 2. The lowest BCUT2D eigenvalue weighted by atomic mass is 10.2. The van der Waals surface area contributed by atoms with E-state index >= 15 is 0 Å². The predicted octanol–water partition coefficient (Wildman–Crippen LogP) is 3.55. The molecular weight excluding hydrogens is 244 g/mol. The smallest absolute Gasteiger partial charge is 0.146 e. The van der Waals surface area contributed by atoms with E-state index in [1.54, 1.807) is 40.4 Å². The van der Waals surface area contributed by atoms with E-state index < -0.39 is 0 Å². The molecule has 0 saturated heterocycles. The summed E-state index contributed by atoms with van der Waals surface area (Å²) >= 11 is 5.08. The largest absolute Gasteiger partial charge is 0.174 e. The summed E-state index contributed by atoms with van der Waals surface area (Å²) in [5.74, 6) is 0.962. The van der Waals surface area contributed by atoms with E-state index in [9.17, 15) is 0 Å². The Balaban J connectivity index is 1.93. The third kappa shape index (κ3) is 3.22. The summed E-state index contributed by atoms with van der Waals surface area (Å²) in [6.45, 7) is 0. The third-order valence-electron chi connectivity index (χ3n) is 1.86. The summed E-state index contributed by atoms with van der Waals surface area (Å²) in [5.41, 5.74) is 3.09. The van der Waals surface area contributed by atoms with E-state index in [-0.39, 0.29) is 0 Å². The molecule has 0 aliphatic rings. The van der Waals surface area contributed by atoms with Crippen molar-refractivity contribution < 1.29 is 0 Å². The van der Waals surface area contributed by atoms with Gasteiger partial charge in [0, 0.05) is 10.6 Å². The summed E-state index contributed by atoms with van der Waals surface area (Å²) in [4.78, 5) is 1.31. The normalized spacial score (nSPS) is 10.5. The lowest BCUT2D eigenvalue weighted by Crippen LogP contribution is -1.80. The number of thioether (sulfide) groups is 2. The molecule has 0 atom stereocenters. The minimum Gasteiger partial charge on any atom is -0.146 e. The van der Waals surface area contributed by atoms with Crippen LogP contribution in [-0.4, -0.2) is 16.5 Å². The maximum Gasteiger partial charge on any atom is 0.174 e. The van der Waals surface area contributed by atoms with Crippen molar-refractivity contribution in [1.82, 2.24) is 10.2 Å². The molecule has 0 aliphatic heterocycles. The molecule has 0 N–H and O–H groups in total. The molecule has 0 fully saturated rings. The van der Waals surface area contributed by atoms with E-state index in [1.807, 2.05) is 0 Å². The first-order chi connectivity index (χ1) is 7.38. The second kappa shape index (κ2) is 5.53. The molecular formula is C10H10N2S3. The van der Waals surface area contributed by atoms with Crippen LogP contribution in [0.3, 0.4) is 0 Å². The summed E-state index contributed by atoms with van der Waals surface area (Å²) < 4.78 is 1.03. The Morgan fingerprint density at radius 3 is 2.67 bits per heavy atom. The molecule has 0 unspecified atom stereocenters. The first-order valence-electron chi connectivity index (χ1n) is 4.40. The molecule has 0 saturated carbocycles. The Kier molecular flexibility index (Phi) is 4.05. The van der Waals surface area contributed by atoms with Gasteiger partial charge >= 0.3 is 0 Å². The first-order valence-corrected chi connectivity index (χ1v) is 7.49. The fourth-order valence-corrected chi connectivity index (χ4v) is 2.95. The van der Waals surface area contributed by atoms with Gasteiger partial charge < -0.3 is 0 Å². The second-order valence-corrected chi connectivity index (χ2v) is 5.78. The minimum atomic E-state index is 0.962. The maximum absolute atomic E-state index is 3.99.